The predicted octanol–water partition coefficient (Wildman–Crippen LogP) is 4.34. The Morgan fingerprint density at radius 2 is 1.67 bits per heavy atom. The molecule has 0 radical (unpaired) electrons. The van der Waals surface area contributed by atoms with Crippen molar-refractivity contribution in [1.29, 1.82) is 0 Å². The molecule has 1 aromatic carbocycles. The fourth-order valence-corrected chi connectivity index (χ4v) is 2.08. The molecule has 18 heavy (non-hydrogen) atoms. The summed E-state index contributed by atoms with van der Waals surface area (Å²) in [5, 5.41) is 10.2. The van der Waals surface area contributed by atoms with Crippen molar-refractivity contribution in [2.45, 2.75) is 52.6 Å². The van der Waals surface area contributed by atoms with Crippen LogP contribution in [0.2, 0.25) is 0 Å². The summed E-state index contributed by atoms with van der Waals surface area (Å²) in [5.74, 6) is 1.49. The van der Waals surface area contributed by atoms with E-state index >= 15 is 0 Å². The zero-order chi connectivity index (χ0) is 13.4. The molecule has 1 aromatic rings. The minimum Gasteiger partial charge on any atom is -0.494 e. The maximum Gasteiger partial charge on any atom is 0.119 e. The van der Waals surface area contributed by atoms with E-state index in [0.717, 1.165) is 43.6 Å². The maximum absolute atomic E-state index is 10.2. The summed E-state index contributed by atoms with van der Waals surface area (Å²) in [7, 11) is 0. The van der Waals surface area contributed by atoms with Gasteiger partial charge in [0.25, 0.3) is 0 Å². The molecular formula is C16H26O2. The highest BCUT2D eigenvalue weighted by atomic mass is 16.5. The Kier molecular flexibility index (Phi) is 6.81. The normalized spacial score (nSPS) is 12.7. The molecule has 2 nitrogen and oxygen atoms in total. The third kappa shape index (κ3) is 4.69. The minimum atomic E-state index is -0.352. The quantitative estimate of drug-likeness (QED) is 0.744. The molecule has 0 saturated carbocycles. The largest absolute Gasteiger partial charge is 0.494 e. The first-order valence-corrected chi connectivity index (χ1v) is 7.12. The van der Waals surface area contributed by atoms with E-state index in [1.165, 1.54) is 0 Å². The van der Waals surface area contributed by atoms with E-state index in [-0.39, 0.29) is 6.10 Å². The van der Waals surface area contributed by atoms with E-state index in [4.69, 9.17) is 4.74 Å². The van der Waals surface area contributed by atoms with E-state index in [1.54, 1.807) is 0 Å². The summed E-state index contributed by atoms with van der Waals surface area (Å²) in [4.78, 5) is 0. The molecule has 1 atom stereocenters. The Morgan fingerprint density at radius 1 is 1.06 bits per heavy atom. The summed E-state index contributed by atoms with van der Waals surface area (Å²) in [5.41, 5.74) is 0.991. The van der Waals surface area contributed by atoms with Crippen molar-refractivity contribution < 1.29 is 9.84 Å². The molecule has 0 fully saturated rings. The van der Waals surface area contributed by atoms with Crippen LogP contribution in [0, 0.1) is 5.92 Å². The number of hydrogen-bond donors (Lipinski definition) is 1. The van der Waals surface area contributed by atoms with Crippen LogP contribution in [0.15, 0.2) is 24.3 Å². The predicted molar refractivity (Wildman–Crippen MR) is 75.9 cm³/mol. The second kappa shape index (κ2) is 8.15. The van der Waals surface area contributed by atoms with E-state index in [1.807, 2.05) is 24.3 Å². The average molecular weight is 250 g/mol. The number of aliphatic hydroxyl groups is 1. The van der Waals surface area contributed by atoms with Crippen molar-refractivity contribution in [1.82, 2.24) is 0 Å². The summed E-state index contributed by atoms with van der Waals surface area (Å²) < 4.78 is 5.53. The molecule has 0 spiro atoms. The van der Waals surface area contributed by atoms with Crippen LogP contribution >= 0.6 is 0 Å². The molecule has 1 unspecified atom stereocenters. The van der Waals surface area contributed by atoms with Gasteiger partial charge >= 0.3 is 0 Å². The van der Waals surface area contributed by atoms with Gasteiger partial charge in [-0.25, -0.2) is 0 Å². The zero-order valence-electron chi connectivity index (χ0n) is 11.9. The highest BCUT2D eigenvalue weighted by Gasteiger charge is 2.13. The second-order valence-corrected chi connectivity index (χ2v) is 4.85. The lowest BCUT2D eigenvalue weighted by molar-refractivity contribution is 0.141. The zero-order valence-corrected chi connectivity index (χ0v) is 11.9. The van der Waals surface area contributed by atoms with Gasteiger partial charge in [-0.2, -0.15) is 0 Å². The van der Waals surface area contributed by atoms with Crippen LogP contribution in [0.25, 0.3) is 0 Å². The Hall–Kier alpha value is -1.02. The number of rotatable bonds is 8. The van der Waals surface area contributed by atoms with Gasteiger partial charge in [-0.1, -0.05) is 45.7 Å². The number of benzene rings is 1. The van der Waals surface area contributed by atoms with E-state index in [9.17, 15) is 5.11 Å². The first-order chi connectivity index (χ1) is 8.71. The van der Waals surface area contributed by atoms with E-state index in [0.29, 0.717) is 5.92 Å². The lowest BCUT2D eigenvalue weighted by Crippen LogP contribution is -2.06. The van der Waals surface area contributed by atoms with Gasteiger partial charge in [0, 0.05) is 0 Å². The molecule has 2 heteroatoms. The smallest absolute Gasteiger partial charge is 0.119 e. The van der Waals surface area contributed by atoms with Crippen LogP contribution in [0.1, 0.15) is 58.1 Å². The van der Waals surface area contributed by atoms with Crippen molar-refractivity contribution in [2.24, 2.45) is 5.92 Å². The van der Waals surface area contributed by atoms with Crippen molar-refractivity contribution in [3.05, 3.63) is 29.8 Å². The third-order valence-electron chi connectivity index (χ3n) is 3.45. The molecule has 0 aromatic heterocycles. The minimum absolute atomic E-state index is 0.352. The Labute approximate surface area is 111 Å². The number of ether oxygens (including phenoxy) is 1. The number of hydrogen-bond acceptors (Lipinski definition) is 2. The summed E-state index contributed by atoms with van der Waals surface area (Å²) >= 11 is 0. The fraction of sp³-hybridized carbons (Fsp3) is 0.625. The van der Waals surface area contributed by atoms with Crippen LogP contribution in [0.5, 0.6) is 5.75 Å². The van der Waals surface area contributed by atoms with E-state index in [2.05, 4.69) is 20.8 Å². The molecule has 1 rings (SSSR count). The van der Waals surface area contributed by atoms with Crippen molar-refractivity contribution in [3.8, 4) is 5.75 Å². The Balaban J connectivity index is 2.55. The van der Waals surface area contributed by atoms with Gasteiger partial charge in [-0.05, 0) is 36.5 Å². The van der Waals surface area contributed by atoms with Gasteiger partial charge in [0.2, 0.25) is 0 Å². The molecule has 0 bridgehead atoms. The van der Waals surface area contributed by atoms with Crippen molar-refractivity contribution in [2.75, 3.05) is 6.61 Å². The summed E-state index contributed by atoms with van der Waals surface area (Å²) in [6, 6.07) is 7.83. The van der Waals surface area contributed by atoms with Crippen LogP contribution in [0.3, 0.4) is 0 Å². The van der Waals surface area contributed by atoms with E-state index < -0.39 is 0 Å². The van der Waals surface area contributed by atoms with Gasteiger partial charge in [-0.3, -0.25) is 0 Å². The van der Waals surface area contributed by atoms with Crippen LogP contribution < -0.4 is 4.74 Å². The molecule has 0 aliphatic rings. The third-order valence-corrected chi connectivity index (χ3v) is 3.45. The second-order valence-electron chi connectivity index (χ2n) is 4.85. The standard InChI is InChI=1S/C16H26O2/c1-4-11-18-15-9-7-14(8-10-15)16(17)12-13(5-2)6-3/h7-10,13,16-17H,4-6,11-12H2,1-3H3. The molecular weight excluding hydrogens is 224 g/mol. The highest BCUT2D eigenvalue weighted by molar-refractivity contribution is 5.28. The van der Waals surface area contributed by atoms with Crippen LogP contribution in [0.4, 0.5) is 0 Å². The lowest BCUT2D eigenvalue weighted by atomic mass is 9.93. The lowest BCUT2D eigenvalue weighted by Gasteiger charge is -2.18. The molecule has 0 heterocycles. The van der Waals surface area contributed by atoms with Gasteiger partial charge in [-0.15, -0.1) is 0 Å². The molecule has 0 aliphatic carbocycles. The van der Waals surface area contributed by atoms with Crippen LogP contribution in [-0.4, -0.2) is 11.7 Å². The molecule has 0 saturated heterocycles. The van der Waals surface area contributed by atoms with Gasteiger partial charge in [0.05, 0.1) is 12.7 Å². The Bertz CT molecular complexity index is 314. The van der Waals surface area contributed by atoms with Crippen LogP contribution in [-0.2, 0) is 0 Å². The fourth-order valence-electron chi connectivity index (χ4n) is 2.08. The highest BCUT2D eigenvalue weighted by Crippen LogP contribution is 2.26. The monoisotopic (exact) mass is 250 g/mol. The SMILES string of the molecule is CCCOc1ccc(C(O)CC(CC)CC)cc1. The first kappa shape index (κ1) is 15.0. The maximum atomic E-state index is 10.2. The Morgan fingerprint density at radius 3 is 2.17 bits per heavy atom. The van der Waals surface area contributed by atoms with Gasteiger partial charge in [0.15, 0.2) is 0 Å². The molecule has 102 valence electrons. The van der Waals surface area contributed by atoms with Crippen molar-refractivity contribution >= 4 is 0 Å². The topological polar surface area (TPSA) is 29.5 Å². The van der Waals surface area contributed by atoms with Gasteiger partial charge in [0.1, 0.15) is 5.75 Å². The first-order valence-electron chi connectivity index (χ1n) is 7.12. The molecule has 0 aliphatic heterocycles. The number of aliphatic hydroxyl groups excluding tert-OH is 1. The summed E-state index contributed by atoms with van der Waals surface area (Å²) in [6.07, 6.45) is 3.77. The van der Waals surface area contributed by atoms with Gasteiger partial charge < -0.3 is 9.84 Å². The summed E-state index contributed by atoms with van der Waals surface area (Å²) in [6.45, 7) is 7.20. The molecule has 0 amide bonds. The van der Waals surface area contributed by atoms with Crippen molar-refractivity contribution in [3.63, 3.8) is 0 Å². The average Bonchev–Trinajstić information content (AvgIpc) is 2.42. The molecule has 1 N–H and O–H groups in total.